The highest BCUT2D eigenvalue weighted by atomic mass is 35.7. The van der Waals surface area contributed by atoms with Gasteiger partial charge in [-0.3, -0.25) is 4.79 Å². The number of carbonyl (C=O) groups excluding carboxylic acids is 1. The number of aromatic nitrogens is 1. The largest absolute Gasteiger partial charge is 0.462 e. The Bertz CT molecular complexity index is 841. The minimum absolute atomic E-state index is 0.0530. The van der Waals surface area contributed by atoms with Crippen molar-refractivity contribution in [3.8, 4) is 0 Å². The maximum absolute atomic E-state index is 12.2. The number of fused-ring (bicyclic) bond motifs is 1. The second-order valence-electron chi connectivity index (χ2n) is 3.90. The summed E-state index contributed by atoms with van der Waals surface area (Å²) in [6.07, 6.45) is 1.23. The number of hydrogen-bond donors (Lipinski definition) is 1. The van der Waals surface area contributed by atoms with Gasteiger partial charge in [0.25, 0.3) is 9.05 Å². The molecule has 2 rings (SSSR count). The molecule has 0 saturated carbocycles. The summed E-state index contributed by atoms with van der Waals surface area (Å²) in [5.74, 6) is -0.769. The maximum atomic E-state index is 12.2. The van der Waals surface area contributed by atoms with Crippen LogP contribution < -0.4 is 5.43 Å². The fourth-order valence-corrected chi connectivity index (χ4v) is 2.49. The Morgan fingerprint density at radius 3 is 2.70 bits per heavy atom. The van der Waals surface area contributed by atoms with Crippen molar-refractivity contribution in [2.75, 3.05) is 6.61 Å². The van der Waals surface area contributed by atoms with Crippen LogP contribution >= 0.6 is 10.7 Å². The molecule has 0 aliphatic carbocycles. The molecule has 0 aliphatic heterocycles. The number of carbonyl (C=O) groups is 1. The maximum Gasteiger partial charge on any atom is 0.343 e. The standard InChI is InChI=1S/C12H10ClNO5S/c1-2-19-12(16)9-6-14-10-4-3-7(20(13,17)18)5-8(10)11(9)15/h3-6H,2H2,1H3,(H,14,15). The third-order valence-electron chi connectivity index (χ3n) is 2.63. The number of ether oxygens (including phenoxy) is 1. The highest BCUT2D eigenvalue weighted by Gasteiger charge is 2.16. The molecule has 0 bridgehead atoms. The summed E-state index contributed by atoms with van der Waals surface area (Å²) in [7, 11) is 1.28. The lowest BCUT2D eigenvalue weighted by molar-refractivity contribution is 0.0524. The van der Waals surface area contributed by atoms with E-state index in [1.165, 1.54) is 18.3 Å². The number of H-pyrrole nitrogens is 1. The lowest BCUT2D eigenvalue weighted by atomic mass is 10.1. The molecule has 20 heavy (non-hydrogen) atoms. The Morgan fingerprint density at radius 1 is 1.40 bits per heavy atom. The van der Waals surface area contributed by atoms with E-state index in [2.05, 4.69) is 4.98 Å². The van der Waals surface area contributed by atoms with E-state index in [1.807, 2.05) is 0 Å². The molecule has 2 aromatic rings. The molecule has 0 radical (unpaired) electrons. The van der Waals surface area contributed by atoms with Crippen LogP contribution in [0.15, 0.2) is 34.1 Å². The van der Waals surface area contributed by atoms with Crippen molar-refractivity contribution >= 4 is 36.6 Å². The smallest absolute Gasteiger partial charge is 0.343 e. The first-order valence-electron chi connectivity index (χ1n) is 5.62. The average molecular weight is 316 g/mol. The number of esters is 1. The molecule has 1 heterocycles. The van der Waals surface area contributed by atoms with E-state index in [0.29, 0.717) is 5.52 Å². The van der Waals surface area contributed by atoms with Gasteiger partial charge in [0, 0.05) is 27.8 Å². The molecule has 0 aliphatic rings. The van der Waals surface area contributed by atoms with Gasteiger partial charge in [0.15, 0.2) is 0 Å². The van der Waals surface area contributed by atoms with Crippen molar-refractivity contribution in [3.05, 3.63) is 40.2 Å². The third-order valence-corrected chi connectivity index (χ3v) is 3.98. The van der Waals surface area contributed by atoms with Crippen LogP contribution in [-0.4, -0.2) is 26.0 Å². The molecule has 0 atom stereocenters. The minimum Gasteiger partial charge on any atom is -0.462 e. The van der Waals surface area contributed by atoms with Crippen LogP contribution in [0.3, 0.4) is 0 Å². The summed E-state index contributed by atoms with van der Waals surface area (Å²) in [6, 6.07) is 3.80. The zero-order valence-corrected chi connectivity index (χ0v) is 11.9. The Hall–Kier alpha value is -1.86. The summed E-state index contributed by atoms with van der Waals surface area (Å²) in [5.41, 5.74) is -0.407. The van der Waals surface area contributed by atoms with Crippen LogP contribution in [0.25, 0.3) is 10.9 Å². The SMILES string of the molecule is CCOC(=O)c1c[nH]c2ccc(S(=O)(=O)Cl)cc2c1=O. The van der Waals surface area contributed by atoms with Crippen molar-refractivity contribution in [3.63, 3.8) is 0 Å². The molecule has 0 saturated heterocycles. The molecular weight excluding hydrogens is 306 g/mol. The molecule has 8 heteroatoms. The van der Waals surface area contributed by atoms with Crippen LogP contribution in [0.1, 0.15) is 17.3 Å². The second kappa shape index (κ2) is 5.26. The van der Waals surface area contributed by atoms with E-state index in [-0.39, 0.29) is 22.5 Å². The van der Waals surface area contributed by atoms with Crippen LogP contribution in [-0.2, 0) is 13.8 Å². The van der Waals surface area contributed by atoms with E-state index in [4.69, 9.17) is 15.4 Å². The number of pyridine rings is 1. The molecule has 0 unspecified atom stereocenters. The third kappa shape index (κ3) is 2.68. The van der Waals surface area contributed by atoms with Gasteiger partial charge in [-0.05, 0) is 25.1 Å². The van der Waals surface area contributed by atoms with Crippen LogP contribution in [0.2, 0.25) is 0 Å². The number of benzene rings is 1. The van der Waals surface area contributed by atoms with E-state index in [1.54, 1.807) is 6.92 Å². The van der Waals surface area contributed by atoms with E-state index in [0.717, 1.165) is 6.07 Å². The Balaban J connectivity index is 2.71. The number of halogens is 1. The Morgan fingerprint density at radius 2 is 2.10 bits per heavy atom. The summed E-state index contributed by atoms with van der Waals surface area (Å²) >= 11 is 0. The Kier molecular flexibility index (Phi) is 3.82. The molecule has 106 valence electrons. The fraction of sp³-hybridized carbons (Fsp3) is 0.167. The number of nitrogens with one attached hydrogen (secondary N) is 1. The topological polar surface area (TPSA) is 93.3 Å². The normalized spacial score (nSPS) is 11.5. The monoisotopic (exact) mass is 315 g/mol. The molecule has 1 N–H and O–H groups in total. The number of rotatable bonds is 3. The van der Waals surface area contributed by atoms with Gasteiger partial charge in [-0.25, -0.2) is 13.2 Å². The Labute approximate surface area is 118 Å². The summed E-state index contributed by atoms with van der Waals surface area (Å²) in [4.78, 5) is 26.3. The number of hydrogen-bond acceptors (Lipinski definition) is 5. The van der Waals surface area contributed by atoms with Gasteiger partial charge >= 0.3 is 5.97 Å². The van der Waals surface area contributed by atoms with E-state index in [9.17, 15) is 18.0 Å². The van der Waals surface area contributed by atoms with E-state index < -0.39 is 20.4 Å². The summed E-state index contributed by atoms with van der Waals surface area (Å²) in [5, 5.41) is 0.0530. The second-order valence-corrected chi connectivity index (χ2v) is 6.46. The zero-order valence-electron chi connectivity index (χ0n) is 10.3. The first kappa shape index (κ1) is 14.5. The molecule has 1 aromatic carbocycles. The highest BCUT2D eigenvalue weighted by Crippen LogP contribution is 2.19. The zero-order chi connectivity index (χ0) is 14.9. The van der Waals surface area contributed by atoms with Gasteiger partial charge in [0.2, 0.25) is 5.43 Å². The fourth-order valence-electron chi connectivity index (χ4n) is 1.71. The lowest BCUT2D eigenvalue weighted by Gasteiger charge is -2.04. The van der Waals surface area contributed by atoms with Crippen molar-refractivity contribution in [1.82, 2.24) is 4.98 Å². The summed E-state index contributed by atoms with van der Waals surface area (Å²) in [6.45, 7) is 1.75. The first-order chi connectivity index (χ1) is 9.34. The van der Waals surface area contributed by atoms with Gasteiger partial charge in [-0.15, -0.1) is 0 Å². The van der Waals surface area contributed by atoms with Crippen LogP contribution in [0.4, 0.5) is 0 Å². The number of aromatic amines is 1. The molecule has 0 spiro atoms. The predicted octanol–water partition coefficient (Wildman–Crippen LogP) is 1.63. The highest BCUT2D eigenvalue weighted by molar-refractivity contribution is 8.13. The van der Waals surface area contributed by atoms with Gasteiger partial charge in [-0.1, -0.05) is 0 Å². The van der Waals surface area contributed by atoms with Crippen molar-refractivity contribution in [2.45, 2.75) is 11.8 Å². The van der Waals surface area contributed by atoms with Crippen molar-refractivity contribution in [2.24, 2.45) is 0 Å². The van der Waals surface area contributed by atoms with Gasteiger partial charge in [0.1, 0.15) is 5.56 Å². The van der Waals surface area contributed by atoms with Crippen molar-refractivity contribution in [1.29, 1.82) is 0 Å². The molecule has 0 fully saturated rings. The van der Waals surface area contributed by atoms with Gasteiger partial charge in [-0.2, -0.15) is 0 Å². The van der Waals surface area contributed by atoms with Gasteiger partial charge in [0.05, 0.1) is 11.5 Å². The van der Waals surface area contributed by atoms with Gasteiger partial charge < -0.3 is 9.72 Å². The molecule has 1 aromatic heterocycles. The van der Waals surface area contributed by atoms with Crippen LogP contribution in [0, 0.1) is 0 Å². The van der Waals surface area contributed by atoms with Crippen LogP contribution in [0.5, 0.6) is 0 Å². The molecule has 0 amide bonds. The summed E-state index contributed by atoms with van der Waals surface area (Å²) < 4.78 is 27.3. The average Bonchev–Trinajstić information content (AvgIpc) is 2.38. The minimum atomic E-state index is -3.95. The molecule has 6 nitrogen and oxygen atoms in total. The quantitative estimate of drug-likeness (QED) is 0.686. The predicted molar refractivity (Wildman–Crippen MR) is 73.6 cm³/mol. The lowest BCUT2D eigenvalue weighted by Crippen LogP contribution is -2.18. The van der Waals surface area contributed by atoms with E-state index >= 15 is 0 Å². The molecular formula is C12H10ClNO5S. The first-order valence-corrected chi connectivity index (χ1v) is 7.92. The van der Waals surface area contributed by atoms with Crippen molar-refractivity contribution < 1.29 is 17.9 Å².